The molecule has 1 aliphatic heterocycles. The lowest BCUT2D eigenvalue weighted by atomic mass is 9.68. The molecule has 1 saturated heterocycles. The number of nitriles is 1. The first-order valence-corrected chi connectivity index (χ1v) is 8.78. The maximum absolute atomic E-state index is 9.71. The van der Waals surface area contributed by atoms with Crippen molar-refractivity contribution < 1.29 is 4.74 Å². The van der Waals surface area contributed by atoms with E-state index in [1.807, 2.05) is 0 Å². The summed E-state index contributed by atoms with van der Waals surface area (Å²) in [5.41, 5.74) is 0.155. The van der Waals surface area contributed by atoms with Gasteiger partial charge in [0.25, 0.3) is 0 Å². The van der Waals surface area contributed by atoms with Gasteiger partial charge >= 0.3 is 0 Å². The summed E-state index contributed by atoms with van der Waals surface area (Å²) in [5, 5.41) is 9.71. The van der Waals surface area contributed by atoms with E-state index in [4.69, 9.17) is 4.74 Å². The van der Waals surface area contributed by atoms with Gasteiger partial charge in [-0.15, -0.1) is 0 Å². The summed E-state index contributed by atoms with van der Waals surface area (Å²) in [6, 6.07) is 2.69. The first-order valence-electron chi connectivity index (χ1n) is 8.78. The SMILES string of the molecule is CCC1CCC(C#N)(CC2CCC3(CCCC3)O2)CC1. The standard InChI is InChI=1S/C18H29NO/c1-2-15-5-10-17(14-19,11-6-15)13-16-7-12-18(20-16)8-3-4-9-18/h15-16H,2-13H2,1H3. The van der Waals surface area contributed by atoms with Gasteiger partial charge < -0.3 is 4.74 Å². The second-order valence-electron chi connectivity index (χ2n) is 7.62. The first-order chi connectivity index (χ1) is 9.69. The Balaban J connectivity index is 1.58. The van der Waals surface area contributed by atoms with Crippen LogP contribution in [0.1, 0.15) is 84.0 Å². The van der Waals surface area contributed by atoms with Gasteiger partial charge in [0.15, 0.2) is 0 Å². The molecule has 2 saturated carbocycles. The minimum Gasteiger partial charge on any atom is -0.372 e. The van der Waals surface area contributed by atoms with Gasteiger partial charge in [-0.2, -0.15) is 5.26 Å². The molecule has 0 N–H and O–H groups in total. The third-order valence-corrected chi connectivity index (χ3v) is 6.35. The molecule has 0 amide bonds. The number of nitrogens with zero attached hydrogens (tertiary/aromatic N) is 1. The topological polar surface area (TPSA) is 33.0 Å². The van der Waals surface area contributed by atoms with Crippen molar-refractivity contribution in [2.24, 2.45) is 11.3 Å². The molecule has 2 nitrogen and oxygen atoms in total. The first kappa shape index (κ1) is 14.4. The summed E-state index contributed by atoms with van der Waals surface area (Å²) in [5.74, 6) is 0.863. The second-order valence-corrected chi connectivity index (χ2v) is 7.62. The molecule has 0 radical (unpaired) electrons. The third kappa shape index (κ3) is 2.75. The molecular formula is C18H29NO. The van der Waals surface area contributed by atoms with Crippen molar-refractivity contribution in [1.29, 1.82) is 5.26 Å². The van der Waals surface area contributed by atoms with Gasteiger partial charge in [-0.25, -0.2) is 0 Å². The minimum absolute atomic E-state index is 0.0690. The Kier molecular flexibility index (Phi) is 4.09. The van der Waals surface area contributed by atoms with Gasteiger partial charge in [-0.1, -0.05) is 26.2 Å². The second kappa shape index (κ2) is 5.68. The number of hydrogen-bond acceptors (Lipinski definition) is 2. The van der Waals surface area contributed by atoms with Gasteiger partial charge in [0, 0.05) is 0 Å². The van der Waals surface area contributed by atoms with Crippen LogP contribution in [0.2, 0.25) is 0 Å². The Labute approximate surface area is 123 Å². The lowest BCUT2D eigenvalue weighted by Crippen LogP contribution is -2.32. The third-order valence-electron chi connectivity index (χ3n) is 6.35. The van der Waals surface area contributed by atoms with E-state index >= 15 is 0 Å². The van der Waals surface area contributed by atoms with E-state index in [9.17, 15) is 5.26 Å². The summed E-state index contributed by atoms with van der Waals surface area (Å²) in [7, 11) is 0. The molecule has 1 unspecified atom stereocenters. The predicted molar refractivity (Wildman–Crippen MR) is 80.2 cm³/mol. The highest BCUT2D eigenvalue weighted by Gasteiger charge is 2.45. The summed E-state index contributed by atoms with van der Waals surface area (Å²) < 4.78 is 6.44. The molecule has 1 spiro atoms. The zero-order valence-electron chi connectivity index (χ0n) is 13.0. The van der Waals surface area contributed by atoms with E-state index < -0.39 is 0 Å². The fourth-order valence-electron chi connectivity index (χ4n) is 4.86. The van der Waals surface area contributed by atoms with Crippen molar-refractivity contribution in [3.05, 3.63) is 0 Å². The smallest absolute Gasteiger partial charge is 0.0690 e. The van der Waals surface area contributed by atoms with Crippen molar-refractivity contribution in [2.75, 3.05) is 0 Å². The zero-order valence-corrected chi connectivity index (χ0v) is 13.0. The highest BCUT2D eigenvalue weighted by molar-refractivity contribution is 5.04. The fraction of sp³-hybridized carbons (Fsp3) is 0.944. The van der Waals surface area contributed by atoms with Crippen LogP contribution in [0.4, 0.5) is 0 Å². The van der Waals surface area contributed by atoms with Gasteiger partial charge in [0.2, 0.25) is 0 Å². The van der Waals surface area contributed by atoms with E-state index in [0.29, 0.717) is 6.10 Å². The molecule has 0 aromatic rings. The predicted octanol–water partition coefficient (Wildman–Crippen LogP) is 4.98. The van der Waals surface area contributed by atoms with E-state index in [1.165, 1.54) is 57.8 Å². The van der Waals surface area contributed by atoms with Crippen LogP contribution >= 0.6 is 0 Å². The Hall–Kier alpha value is -0.550. The molecule has 2 heteroatoms. The van der Waals surface area contributed by atoms with Crippen molar-refractivity contribution >= 4 is 0 Å². The van der Waals surface area contributed by atoms with Crippen molar-refractivity contribution in [2.45, 2.75) is 95.7 Å². The average molecular weight is 275 g/mol. The van der Waals surface area contributed by atoms with Crippen LogP contribution in [0.15, 0.2) is 0 Å². The maximum atomic E-state index is 9.71. The van der Waals surface area contributed by atoms with Gasteiger partial charge in [0.05, 0.1) is 23.2 Å². The molecule has 0 aromatic heterocycles. The van der Waals surface area contributed by atoms with Crippen LogP contribution in [-0.4, -0.2) is 11.7 Å². The molecule has 3 rings (SSSR count). The molecule has 112 valence electrons. The number of rotatable bonds is 3. The van der Waals surface area contributed by atoms with E-state index in [-0.39, 0.29) is 11.0 Å². The number of hydrogen-bond donors (Lipinski definition) is 0. The normalized spacial score (nSPS) is 40.0. The van der Waals surface area contributed by atoms with E-state index in [1.54, 1.807) is 0 Å². The molecule has 3 aliphatic rings. The fourth-order valence-corrected chi connectivity index (χ4v) is 4.86. The lowest BCUT2D eigenvalue weighted by molar-refractivity contribution is -0.0525. The van der Waals surface area contributed by atoms with Gasteiger partial charge in [-0.05, 0) is 63.7 Å². The van der Waals surface area contributed by atoms with Gasteiger partial charge in [-0.3, -0.25) is 0 Å². The molecule has 1 atom stereocenters. The molecule has 0 aromatic carbocycles. The van der Waals surface area contributed by atoms with Crippen LogP contribution in [0.5, 0.6) is 0 Å². The molecule has 20 heavy (non-hydrogen) atoms. The Morgan fingerprint density at radius 2 is 1.75 bits per heavy atom. The molecule has 0 bridgehead atoms. The number of ether oxygens (including phenoxy) is 1. The quantitative estimate of drug-likeness (QED) is 0.728. The average Bonchev–Trinajstić information content (AvgIpc) is 3.10. The maximum Gasteiger partial charge on any atom is 0.0690 e. The van der Waals surface area contributed by atoms with Crippen molar-refractivity contribution in [3.8, 4) is 6.07 Å². The lowest BCUT2D eigenvalue weighted by Gasteiger charge is -2.36. The summed E-state index contributed by atoms with van der Waals surface area (Å²) in [6.07, 6.45) is 15.0. The molecule has 2 aliphatic carbocycles. The van der Waals surface area contributed by atoms with Gasteiger partial charge in [0.1, 0.15) is 0 Å². The van der Waals surface area contributed by atoms with Crippen LogP contribution in [0.25, 0.3) is 0 Å². The van der Waals surface area contributed by atoms with Crippen LogP contribution < -0.4 is 0 Å². The Bertz CT molecular complexity index is 369. The largest absolute Gasteiger partial charge is 0.372 e. The van der Waals surface area contributed by atoms with Crippen molar-refractivity contribution in [1.82, 2.24) is 0 Å². The molecule has 1 heterocycles. The molecule has 3 fully saturated rings. The summed E-state index contributed by atoms with van der Waals surface area (Å²) >= 11 is 0. The van der Waals surface area contributed by atoms with Crippen LogP contribution in [0, 0.1) is 22.7 Å². The highest BCUT2D eigenvalue weighted by atomic mass is 16.5. The van der Waals surface area contributed by atoms with Crippen LogP contribution in [0.3, 0.4) is 0 Å². The monoisotopic (exact) mass is 275 g/mol. The molecular weight excluding hydrogens is 246 g/mol. The van der Waals surface area contributed by atoms with Crippen molar-refractivity contribution in [3.63, 3.8) is 0 Å². The van der Waals surface area contributed by atoms with Crippen LogP contribution in [-0.2, 0) is 4.74 Å². The van der Waals surface area contributed by atoms with E-state index in [0.717, 1.165) is 25.2 Å². The summed E-state index contributed by atoms with van der Waals surface area (Å²) in [6.45, 7) is 2.29. The minimum atomic E-state index is -0.0690. The Morgan fingerprint density at radius 1 is 1.05 bits per heavy atom. The Morgan fingerprint density at radius 3 is 2.35 bits per heavy atom. The highest BCUT2D eigenvalue weighted by Crippen LogP contribution is 2.49. The summed E-state index contributed by atoms with van der Waals surface area (Å²) in [4.78, 5) is 0. The zero-order chi connectivity index (χ0) is 14.1. The van der Waals surface area contributed by atoms with E-state index in [2.05, 4.69) is 13.0 Å².